The lowest BCUT2D eigenvalue weighted by molar-refractivity contribution is 0.0687. The number of halogens is 1. The summed E-state index contributed by atoms with van der Waals surface area (Å²) in [6, 6.07) is 1.22. The van der Waals surface area contributed by atoms with Gasteiger partial charge in [-0.05, 0) is 0 Å². The fourth-order valence-corrected chi connectivity index (χ4v) is 1.83. The van der Waals surface area contributed by atoms with Crippen molar-refractivity contribution >= 4 is 11.7 Å². The number of ether oxygens (including phenoxy) is 2. The molecule has 2 rings (SSSR count). The number of fused-ring (bicyclic) bond motifs is 1. The Hall–Kier alpha value is -1.98. The zero-order chi connectivity index (χ0) is 12.6. The van der Waals surface area contributed by atoms with Gasteiger partial charge in [0, 0.05) is 13.1 Å². The van der Waals surface area contributed by atoms with Crippen molar-refractivity contribution in [2.75, 3.05) is 32.2 Å². The van der Waals surface area contributed by atoms with Crippen LogP contribution in [-0.2, 0) is 0 Å². The highest BCUT2D eigenvalue weighted by Crippen LogP contribution is 2.41. The number of anilines is 1. The van der Waals surface area contributed by atoms with Crippen molar-refractivity contribution in [1.29, 1.82) is 0 Å². The number of nitrogens with zero attached hydrogens (tertiary/aromatic N) is 1. The zero-order valence-corrected chi connectivity index (χ0v) is 9.49. The van der Waals surface area contributed by atoms with E-state index >= 15 is 0 Å². The van der Waals surface area contributed by atoms with Crippen molar-refractivity contribution in [2.45, 2.75) is 0 Å². The van der Waals surface area contributed by atoms with Gasteiger partial charge >= 0.3 is 5.97 Å². The predicted octanol–water partition coefficient (Wildman–Crippen LogP) is 1.36. The van der Waals surface area contributed by atoms with Gasteiger partial charge in [0.1, 0.15) is 12.2 Å². The van der Waals surface area contributed by atoms with Gasteiger partial charge in [0.2, 0.25) is 0 Å². The fourth-order valence-electron chi connectivity index (χ4n) is 1.83. The maximum absolute atomic E-state index is 13.7. The molecule has 1 aliphatic rings. The largest absolute Gasteiger partial charge is 0.493 e. The molecule has 0 fully saturated rings. The summed E-state index contributed by atoms with van der Waals surface area (Å²) in [7, 11) is 2.97. The van der Waals surface area contributed by atoms with Gasteiger partial charge < -0.3 is 19.5 Å². The highest BCUT2D eigenvalue weighted by atomic mass is 19.1. The van der Waals surface area contributed by atoms with E-state index in [9.17, 15) is 9.18 Å². The van der Waals surface area contributed by atoms with E-state index < -0.39 is 11.8 Å². The average molecular weight is 241 g/mol. The Morgan fingerprint density at radius 3 is 2.94 bits per heavy atom. The normalized spacial score (nSPS) is 13.9. The number of aromatic carboxylic acids is 1. The summed E-state index contributed by atoms with van der Waals surface area (Å²) in [5.74, 6) is -2.12. The molecular weight excluding hydrogens is 229 g/mol. The van der Waals surface area contributed by atoms with Gasteiger partial charge in [-0.15, -0.1) is 0 Å². The van der Waals surface area contributed by atoms with Crippen LogP contribution in [0.5, 0.6) is 11.5 Å². The number of carbonyl (C=O) groups is 1. The molecule has 1 N–H and O–H groups in total. The highest BCUT2D eigenvalue weighted by molar-refractivity contribution is 5.97. The van der Waals surface area contributed by atoms with Gasteiger partial charge in [-0.3, -0.25) is 0 Å². The summed E-state index contributed by atoms with van der Waals surface area (Å²) in [4.78, 5) is 12.9. The summed E-state index contributed by atoms with van der Waals surface area (Å²) in [6.45, 7) is 0.941. The predicted molar refractivity (Wildman–Crippen MR) is 58.7 cm³/mol. The van der Waals surface area contributed by atoms with Gasteiger partial charge in [0.25, 0.3) is 0 Å². The van der Waals surface area contributed by atoms with Crippen molar-refractivity contribution in [3.05, 3.63) is 17.4 Å². The molecule has 0 unspecified atom stereocenters. The fraction of sp³-hybridized carbons (Fsp3) is 0.364. The molecule has 0 aliphatic carbocycles. The molecule has 1 heterocycles. The van der Waals surface area contributed by atoms with Crippen molar-refractivity contribution in [3.63, 3.8) is 0 Å². The van der Waals surface area contributed by atoms with E-state index in [1.165, 1.54) is 13.2 Å². The van der Waals surface area contributed by atoms with Crippen molar-refractivity contribution in [3.8, 4) is 11.5 Å². The molecule has 0 spiro atoms. The Labute approximate surface area is 97.4 Å². The van der Waals surface area contributed by atoms with E-state index in [1.54, 1.807) is 11.9 Å². The molecule has 0 amide bonds. The lowest BCUT2D eigenvalue weighted by atomic mass is 10.1. The maximum Gasteiger partial charge on any atom is 0.343 e. The summed E-state index contributed by atoms with van der Waals surface area (Å²) in [5.41, 5.74) is 0.154. The molecule has 0 radical (unpaired) electrons. The molecule has 1 aromatic rings. The van der Waals surface area contributed by atoms with Crippen LogP contribution in [-0.4, -0.2) is 38.4 Å². The van der Waals surface area contributed by atoms with E-state index in [1.807, 2.05) is 0 Å². The first-order chi connectivity index (χ1) is 8.06. The van der Waals surface area contributed by atoms with Crippen molar-refractivity contribution in [2.24, 2.45) is 0 Å². The van der Waals surface area contributed by atoms with Crippen LogP contribution in [0.3, 0.4) is 0 Å². The zero-order valence-electron chi connectivity index (χ0n) is 9.49. The van der Waals surface area contributed by atoms with E-state index in [2.05, 4.69) is 0 Å². The van der Waals surface area contributed by atoms with Gasteiger partial charge in [0.15, 0.2) is 17.3 Å². The second kappa shape index (κ2) is 4.12. The molecule has 17 heavy (non-hydrogen) atoms. The Morgan fingerprint density at radius 2 is 2.35 bits per heavy atom. The Morgan fingerprint density at radius 1 is 1.65 bits per heavy atom. The summed E-state index contributed by atoms with van der Waals surface area (Å²) in [5, 5.41) is 9.12. The van der Waals surface area contributed by atoms with E-state index in [4.69, 9.17) is 14.6 Å². The number of carboxylic acids is 1. The number of likely N-dealkylation sites (N-methyl/N-ethyl adjacent to an activating group) is 1. The standard InChI is InChI=1S/C11H12FNO4/c1-13-3-4-17-10-7(13)5-6(12)9(16-2)8(10)11(14)15/h5H,3-4H2,1-2H3,(H,14,15). The van der Waals surface area contributed by atoms with Crippen molar-refractivity contribution < 1.29 is 23.8 Å². The van der Waals surface area contributed by atoms with Crippen LogP contribution < -0.4 is 14.4 Å². The molecule has 1 aromatic carbocycles. The lowest BCUT2D eigenvalue weighted by Gasteiger charge is -2.29. The third-order valence-electron chi connectivity index (χ3n) is 2.67. The minimum absolute atomic E-state index is 0.157. The number of rotatable bonds is 2. The lowest BCUT2D eigenvalue weighted by Crippen LogP contribution is -2.30. The Bertz CT molecular complexity index is 475. The van der Waals surface area contributed by atoms with Crippen LogP contribution in [0.1, 0.15) is 10.4 Å². The molecule has 0 atom stereocenters. The first kappa shape index (κ1) is 11.5. The van der Waals surface area contributed by atoms with E-state index in [0.717, 1.165) is 0 Å². The van der Waals surface area contributed by atoms with E-state index in [-0.39, 0.29) is 17.1 Å². The van der Waals surface area contributed by atoms with Gasteiger partial charge in [-0.25, -0.2) is 9.18 Å². The second-order valence-electron chi connectivity index (χ2n) is 3.69. The second-order valence-corrected chi connectivity index (χ2v) is 3.69. The van der Waals surface area contributed by atoms with Gasteiger partial charge in [-0.1, -0.05) is 0 Å². The van der Waals surface area contributed by atoms with Crippen LogP contribution in [0.25, 0.3) is 0 Å². The summed E-state index contributed by atoms with van der Waals surface area (Å²) < 4.78 is 23.8. The van der Waals surface area contributed by atoms with Gasteiger partial charge in [0.05, 0.1) is 19.3 Å². The quantitative estimate of drug-likeness (QED) is 0.847. The third kappa shape index (κ3) is 1.75. The van der Waals surface area contributed by atoms with Crippen LogP contribution >= 0.6 is 0 Å². The number of hydrogen-bond acceptors (Lipinski definition) is 4. The minimum atomic E-state index is -1.27. The van der Waals surface area contributed by atoms with Crippen LogP contribution in [0.15, 0.2) is 6.07 Å². The van der Waals surface area contributed by atoms with E-state index in [0.29, 0.717) is 18.8 Å². The van der Waals surface area contributed by atoms with Crippen LogP contribution in [0.4, 0.5) is 10.1 Å². The maximum atomic E-state index is 13.7. The molecule has 0 saturated carbocycles. The molecule has 0 saturated heterocycles. The van der Waals surface area contributed by atoms with Crippen LogP contribution in [0, 0.1) is 5.82 Å². The molecule has 92 valence electrons. The van der Waals surface area contributed by atoms with Gasteiger partial charge in [-0.2, -0.15) is 0 Å². The number of hydrogen-bond donors (Lipinski definition) is 1. The Kier molecular flexibility index (Phi) is 2.79. The first-order valence-corrected chi connectivity index (χ1v) is 5.04. The van der Waals surface area contributed by atoms with Crippen LogP contribution in [0.2, 0.25) is 0 Å². The molecule has 0 aromatic heterocycles. The number of carboxylic acid groups (broad SMARTS) is 1. The number of methoxy groups -OCH3 is 1. The molecule has 6 heteroatoms. The topological polar surface area (TPSA) is 59.0 Å². The SMILES string of the molecule is COc1c(F)cc2c(c1C(=O)O)OCCN2C. The molecule has 5 nitrogen and oxygen atoms in total. The molecule has 1 aliphatic heterocycles. The number of benzene rings is 1. The average Bonchev–Trinajstić information content (AvgIpc) is 2.28. The Balaban J connectivity index is 2.72. The summed E-state index contributed by atoms with van der Waals surface area (Å²) >= 11 is 0. The monoisotopic (exact) mass is 241 g/mol. The minimum Gasteiger partial charge on any atom is -0.493 e. The molecule has 0 bridgehead atoms. The summed E-state index contributed by atoms with van der Waals surface area (Å²) in [6.07, 6.45) is 0. The smallest absolute Gasteiger partial charge is 0.343 e. The molecular formula is C11H12FNO4. The third-order valence-corrected chi connectivity index (χ3v) is 2.67. The highest BCUT2D eigenvalue weighted by Gasteiger charge is 2.29. The first-order valence-electron chi connectivity index (χ1n) is 5.04. The van der Waals surface area contributed by atoms with Crippen molar-refractivity contribution in [1.82, 2.24) is 0 Å².